The zero-order valence-electron chi connectivity index (χ0n) is 12.8. The second-order valence-corrected chi connectivity index (χ2v) is 5.99. The molecule has 0 fully saturated rings. The highest BCUT2D eigenvalue weighted by Crippen LogP contribution is 2.21. The molecule has 0 heterocycles. The number of nitrogens with one attached hydrogen (secondary N) is 2. The fraction of sp³-hybridized carbons (Fsp3) is 0.278. The summed E-state index contributed by atoms with van der Waals surface area (Å²) in [5, 5.41) is 7.14. The normalized spacial score (nSPS) is 12.0. The maximum Gasteiger partial charge on any atom is 0.167 e. The molecule has 0 aromatic heterocycles. The van der Waals surface area contributed by atoms with E-state index >= 15 is 0 Å². The standard InChI is InChI=1S/C18H21FN2S/c1-13(2)17(15-8-10-16(19)11-9-15)21-18(22)20-12-14-6-4-3-5-7-14/h3-11,13,17H,12H2,1-2H3,(H2,20,21,22)/t17-/m1/s1. The molecule has 0 bridgehead atoms. The van der Waals surface area contributed by atoms with Gasteiger partial charge in [-0.1, -0.05) is 56.3 Å². The molecule has 0 radical (unpaired) electrons. The largest absolute Gasteiger partial charge is 0.359 e. The fourth-order valence-corrected chi connectivity index (χ4v) is 2.47. The van der Waals surface area contributed by atoms with Crippen LogP contribution >= 0.6 is 12.2 Å². The van der Waals surface area contributed by atoms with Gasteiger partial charge in [-0.3, -0.25) is 0 Å². The van der Waals surface area contributed by atoms with E-state index in [-0.39, 0.29) is 11.9 Å². The van der Waals surface area contributed by atoms with Gasteiger partial charge in [0.2, 0.25) is 0 Å². The van der Waals surface area contributed by atoms with Crippen LogP contribution in [0.25, 0.3) is 0 Å². The molecule has 2 aromatic rings. The van der Waals surface area contributed by atoms with E-state index in [1.807, 2.05) is 18.2 Å². The van der Waals surface area contributed by atoms with Crippen LogP contribution in [0.1, 0.15) is 31.0 Å². The zero-order chi connectivity index (χ0) is 15.9. The number of hydrogen-bond acceptors (Lipinski definition) is 1. The van der Waals surface area contributed by atoms with Gasteiger partial charge in [-0.05, 0) is 41.4 Å². The van der Waals surface area contributed by atoms with Crippen molar-refractivity contribution in [2.45, 2.75) is 26.4 Å². The Bertz CT molecular complexity index is 596. The zero-order valence-corrected chi connectivity index (χ0v) is 13.7. The average molecular weight is 316 g/mol. The Kier molecular flexibility index (Phi) is 5.90. The first-order valence-corrected chi connectivity index (χ1v) is 7.81. The van der Waals surface area contributed by atoms with E-state index in [2.05, 4.69) is 36.6 Å². The van der Waals surface area contributed by atoms with Gasteiger partial charge >= 0.3 is 0 Å². The van der Waals surface area contributed by atoms with Crippen LogP contribution in [0.5, 0.6) is 0 Å². The van der Waals surface area contributed by atoms with Crippen LogP contribution in [0, 0.1) is 11.7 Å². The second kappa shape index (κ2) is 7.90. The van der Waals surface area contributed by atoms with Gasteiger partial charge in [0.05, 0.1) is 6.04 Å². The van der Waals surface area contributed by atoms with Gasteiger partial charge in [0.25, 0.3) is 0 Å². The molecule has 0 aliphatic rings. The van der Waals surface area contributed by atoms with E-state index in [0.29, 0.717) is 17.6 Å². The molecule has 1 atom stereocenters. The molecule has 2 N–H and O–H groups in total. The van der Waals surface area contributed by atoms with Gasteiger partial charge in [-0.15, -0.1) is 0 Å². The Hall–Kier alpha value is -1.94. The maximum atomic E-state index is 13.1. The lowest BCUT2D eigenvalue weighted by molar-refractivity contribution is 0.468. The van der Waals surface area contributed by atoms with Crippen molar-refractivity contribution in [3.05, 3.63) is 71.5 Å². The van der Waals surface area contributed by atoms with E-state index in [1.54, 1.807) is 12.1 Å². The summed E-state index contributed by atoms with van der Waals surface area (Å²) < 4.78 is 13.1. The van der Waals surface area contributed by atoms with E-state index in [0.717, 1.165) is 5.56 Å². The Morgan fingerprint density at radius 3 is 2.27 bits per heavy atom. The highest BCUT2D eigenvalue weighted by molar-refractivity contribution is 7.80. The van der Waals surface area contributed by atoms with Gasteiger partial charge in [0, 0.05) is 6.54 Å². The lowest BCUT2D eigenvalue weighted by Crippen LogP contribution is -2.39. The van der Waals surface area contributed by atoms with Gasteiger partial charge in [-0.25, -0.2) is 4.39 Å². The summed E-state index contributed by atoms with van der Waals surface area (Å²) in [6.45, 7) is 4.91. The average Bonchev–Trinajstić information content (AvgIpc) is 2.52. The van der Waals surface area contributed by atoms with Crippen molar-refractivity contribution in [1.82, 2.24) is 10.6 Å². The van der Waals surface area contributed by atoms with Gasteiger partial charge < -0.3 is 10.6 Å². The predicted octanol–water partition coefficient (Wildman–Crippen LogP) is 4.19. The van der Waals surface area contributed by atoms with Crippen molar-refractivity contribution in [3.8, 4) is 0 Å². The summed E-state index contributed by atoms with van der Waals surface area (Å²) >= 11 is 5.38. The van der Waals surface area contributed by atoms with E-state index in [4.69, 9.17) is 12.2 Å². The van der Waals surface area contributed by atoms with Gasteiger partial charge in [0.1, 0.15) is 5.82 Å². The highest BCUT2D eigenvalue weighted by Gasteiger charge is 2.16. The van der Waals surface area contributed by atoms with E-state index < -0.39 is 0 Å². The minimum absolute atomic E-state index is 0.0522. The Morgan fingerprint density at radius 2 is 1.68 bits per heavy atom. The van der Waals surface area contributed by atoms with Crippen molar-refractivity contribution >= 4 is 17.3 Å². The molecule has 2 aromatic carbocycles. The number of hydrogen-bond donors (Lipinski definition) is 2. The minimum Gasteiger partial charge on any atom is -0.359 e. The SMILES string of the molecule is CC(C)[C@@H](NC(=S)NCc1ccccc1)c1ccc(F)cc1. The van der Waals surface area contributed by atoms with Gasteiger partial charge in [-0.2, -0.15) is 0 Å². The number of rotatable bonds is 5. The lowest BCUT2D eigenvalue weighted by atomic mass is 9.96. The van der Waals surface area contributed by atoms with E-state index in [9.17, 15) is 4.39 Å². The molecule has 22 heavy (non-hydrogen) atoms. The first-order valence-electron chi connectivity index (χ1n) is 7.40. The first-order chi connectivity index (χ1) is 10.6. The third-order valence-electron chi connectivity index (χ3n) is 3.48. The molecule has 0 unspecified atom stereocenters. The Labute approximate surface area is 136 Å². The number of thiocarbonyl (C=S) groups is 1. The smallest absolute Gasteiger partial charge is 0.167 e. The molecule has 0 aliphatic heterocycles. The van der Waals surface area contributed by atoms with Gasteiger partial charge in [0.15, 0.2) is 5.11 Å². The van der Waals surface area contributed by atoms with Crippen molar-refractivity contribution in [3.63, 3.8) is 0 Å². The van der Waals surface area contributed by atoms with Crippen LogP contribution in [0.15, 0.2) is 54.6 Å². The Morgan fingerprint density at radius 1 is 1.05 bits per heavy atom. The topological polar surface area (TPSA) is 24.1 Å². The fourth-order valence-electron chi connectivity index (χ4n) is 2.28. The van der Waals surface area contributed by atoms with Crippen LogP contribution < -0.4 is 10.6 Å². The molecule has 2 nitrogen and oxygen atoms in total. The van der Waals surface area contributed by atoms with Crippen LogP contribution in [-0.2, 0) is 6.54 Å². The summed E-state index contributed by atoms with van der Waals surface area (Å²) in [7, 11) is 0. The minimum atomic E-state index is -0.226. The third kappa shape index (κ3) is 4.81. The molecule has 4 heteroatoms. The summed E-state index contributed by atoms with van der Waals surface area (Å²) in [5.74, 6) is 0.109. The predicted molar refractivity (Wildman–Crippen MR) is 93.0 cm³/mol. The molecular formula is C18H21FN2S. The second-order valence-electron chi connectivity index (χ2n) is 5.59. The Balaban J connectivity index is 1.96. The van der Waals surface area contributed by atoms with Crippen molar-refractivity contribution in [1.29, 1.82) is 0 Å². The quantitative estimate of drug-likeness (QED) is 0.809. The van der Waals surface area contributed by atoms with Crippen LogP contribution in [0.3, 0.4) is 0 Å². The summed E-state index contributed by atoms with van der Waals surface area (Å²) in [5.41, 5.74) is 2.20. The third-order valence-corrected chi connectivity index (χ3v) is 3.74. The van der Waals surface area contributed by atoms with Crippen LogP contribution in [-0.4, -0.2) is 5.11 Å². The molecular weight excluding hydrogens is 295 g/mol. The maximum absolute atomic E-state index is 13.1. The highest BCUT2D eigenvalue weighted by atomic mass is 32.1. The van der Waals surface area contributed by atoms with E-state index in [1.165, 1.54) is 17.7 Å². The molecule has 0 saturated heterocycles. The van der Waals surface area contributed by atoms with Crippen LogP contribution in [0.4, 0.5) is 4.39 Å². The lowest BCUT2D eigenvalue weighted by Gasteiger charge is -2.24. The molecule has 0 saturated carbocycles. The molecule has 116 valence electrons. The number of benzene rings is 2. The summed E-state index contributed by atoms with van der Waals surface area (Å²) in [4.78, 5) is 0. The van der Waals surface area contributed by atoms with Crippen molar-refractivity contribution < 1.29 is 4.39 Å². The summed E-state index contributed by atoms with van der Waals surface area (Å²) in [6, 6.07) is 16.7. The monoisotopic (exact) mass is 316 g/mol. The molecule has 0 spiro atoms. The molecule has 2 rings (SSSR count). The van der Waals surface area contributed by atoms with Crippen LogP contribution in [0.2, 0.25) is 0 Å². The van der Waals surface area contributed by atoms with Crippen molar-refractivity contribution in [2.24, 2.45) is 5.92 Å². The first kappa shape index (κ1) is 16.4. The van der Waals surface area contributed by atoms with Crippen molar-refractivity contribution in [2.75, 3.05) is 0 Å². The molecule has 0 aliphatic carbocycles. The summed E-state index contributed by atoms with van der Waals surface area (Å²) in [6.07, 6.45) is 0. The molecule has 0 amide bonds. The number of halogens is 1.